The van der Waals surface area contributed by atoms with Crippen molar-refractivity contribution in [2.75, 3.05) is 0 Å². The zero-order valence-electron chi connectivity index (χ0n) is 9.70. The molecular weight excluding hydrogens is 280 g/mol. The Morgan fingerprint density at radius 2 is 2.00 bits per heavy atom. The van der Waals surface area contributed by atoms with Gasteiger partial charge in [-0.3, -0.25) is 4.79 Å². The van der Waals surface area contributed by atoms with E-state index >= 15 is 0 Å². The van der Waals surface area contributed by atoms with E-state index < -0.39 is 0 Å². The van der Waals surface area contributed by atoms with E-state index in [1.165, 1.54) is 0 Å². The number of benzene rings is 1. The minimum absolute atomic E-state index is 0.0177. The van der Waals surface area contributed by atoms with Crippen molar-refractivity contribution in [2.24, 2.45) is 0 Å². The Hall–Kier alpha value is -1.60. The van der Waals surface area contributed by atoms with Crippen LogP contribution >= 0.6 is 15.9 Å². The van der Waals surface area contributed by atoms with Gasteiger partial charge in [0.15, 0.2) is 0 Å². The summed E-state index contributed by atoms with van der Waals surface area (Å²) >= 11 is 3.33. The highest BCUT2D eigenvalue weighted by Crippen LogP contribution is 2.13. The van der Waals surface area contributed by atoms with Gasteiger partial charge in [-0.1, -0.05) is 28.1 Å². The van der Waals surface area contributed by atoms with Gasteiger partial charge in [0.1, 0.15) is 11.6 Å². The lowest BCUT2D eigenvalue weighted by molar-refractivity contribution is -0.117. The van der Waals surface area contributed by atoms with Crippen LogP contribution in [-0.2, 0) is 4.79 Å². The van der Waals surface area contributed by atoms with Gasteiger partial charge in [0, 0.05) is 10.5 Å². The van der Waals surface area contributed by atoms with Crippen LogP contribution < -0.4 is 5.32 Å². The third-order valence-corrected chi connectivity index (χ3v) is 2.49. The molecule has 0 aliphatic carbocycles. The molecular formula is C13H13BrN2O. The summed E-state index contributed by atoms with van der Waals surface area (Å²) in [5.41, 5.74) is 0.935. The third kappa shape index (κ3) is 4.41. The second-order valence-electron chi connectivity index (χ2n) is 3.85. The quantitative estimate of drug-likeness (QED) is 0.688. The molecule has 0 fully saturated rings. The summed E-state index contributed by atoms with van der Waals surface area (Å²) in [5, 5.41) is 11.6. The summed E-state index contributed by atoms with van der Waals surface area (Å²) in [5.74, 6) is -0.342. The number of nitriles is 1. The third-order valence-electron chi connectivity index (χ3n) is 1.97. The molecule has 0 bridgehead atoms. The number of carbonyl (C=O) groups excluding carboxylic acids is 1. The average molecular weight is 293 g/mol. The van der Waals surface area contributed by atoms with Gasteiger partial charge in [0.2, 0.25) is 0 Å². The molecule has 4 heteroatoms. The molecule has 0 unspecified atom stereocenters. The smallest absolute Gasteiger partial charge is 0.262 e. The van der Waals surface area contributed by atoms with Crippen molar-refractivity contribution in [3.8, 4) is 6.07 Å². The van der Waals surface area contributed by atoms with Gasteiger partial charge in [-0.2, -0.15) is 5.26 Å². The monoisotopic (exact) mass is 292 g/mol. The molecule has 0 radical (unpaired) electrons. The molecule has 0 aliphatic heterocycles. The summed E-state index contributed by atoms with van der Waals surface area (Å²) in [4.78, 5) is 11.6. The lowest BCUT2D eigenvalue weighted by atomic mass is 10.1. The molecule has 0 aliphatic rings. The first-order valence-corrected chi connectivity index (χ1v) is 6.00. The maximum absolute atomic E-state index is 11.6. The van der Waals surface area contributed by atoms with Gasteiger partial charge in [0.05, 0.1) is 0 Å². The number of nitrogens with one attached hydrogen (secondary N) is 1. The Bertz CT molecular complexity index is 469. The predicted octanol–water partition coefficient (Wildman–Crippen LogP) is 2.88. The highest BCUT2D eigenvalue weighted by atomic mass is 79.9. The van der Waals surface area contributed by atoms with E-state index in [4.69, 9.17) is 5.26 Å². The van der Waals surface area contributed by atoms with Crippen molar-refractivity contribution in [3.05, 3.63) is 39.9 Å². The van der Waals surface area contributed by atoms with Crippen LogP contribution in [0.2, 0.25) is 0 Å². The van der Waals surface area contributed by atoms with Crippen LogP contribution in [-0.4, -0.2) is 11.9 Å². The van der Waals surface area contributed by atoms with E-state index in [1.54, 1.807) is 6.08 Å². The Kier molecular flexibility index (Phi) is 4.92. The van der Waals surface area contributed by atoms with Gasteiger partial charge < -0.3 is 5.32 Å². The van der Waals surface area contributed by atoms with Crippen molar-refractivity contribution in [1.29, 1.82) is 5.26 Å². The highest BCUT2D eigenvalue weighted by molar-refractivity contribution is 9.10. The molecule has 17 heavy (non-hydrogen) atoms. The average Bonchev–Trinajstić information content (AvgIpc) is 2.27. The van der Waals surface area contributed by atoms with Crippen LogP contribution in [0, 0.1) is 11.3 Å². The molecule has 1 aromatic carbocycles. The van der Waals surface area contributed by atoms with E-state index in [0.29, 0.717) is 0 Å². The largest absolute Gasteiger partial charge is 0.349 e. The van der Waals surface area contributed by atoms with Crippen LogP contribution in [0.15, 0.2) is 34.3 Å². The van der Waals surface area contributed by atoms with E-state index in [-0.39, 0.29) is 17.5 Å². The fourth-order valence-corrected chi connectivity index (χ4v) is 1.48. The summed E-state index contributed by atoms with van der Waals surface area (Å²) in [6, 6.07) is 9.32. The lowest BCUT2D eigenvalue weighted by Crippen LogP contribution is -2.30. The Morgan fingerprint density at radius 1 is 1.41 bits per heavy atom. The predicted molar refractivity (Wildman–Crippen MR) is 71.0 cm³/mol. The van der Waals surface area contributed by atoms with E-state index in [1.807, 2.05) is 44.2 Å². The first kappa shape index (κ1) is 13.5. The summed E-state index contributed by atoms with van der Waals surface area (Å²) in [6.07, 6.45) is 1.57. The normalized spacial score (nSPS) is 11.1. The van der Waals surface area contributed by atoms with E-state index in [9.17, 15) is 4.79 Å². The highest BCUT2D eigenvalue weighted by Gasteiger charge is 2.09. The zero-order chi connectivity index (χ0) is 12.8. The van der Waals surface area contributed by atoms with Gasteiger partial charge >= 0.3 is 0 Å². The molecule has 3 nitrogen and oxygen atoms in total. The van der Waals surface area contributed by atoms with Crippen molar-refractivity contribution >= 4 is 27.9 Å². The summed E-state index contributed by atoms with van der Waals surface area (Å²) in [6.45, 7) is 3.71. The van der Waals surface area contributed by atoms with Crippen molar-refractivity contribution in [3.63, 3.8) is 0 Å². The van der Waals surface area contributed by atoms with Crippen LogP contribution in [0.3, 0.4) is 0 Å². The number of hydrogen-bond acceptors (Lipinski definition) is 2. The number of carbonyl (C=O) groups is 1. The molecule has 0 heterocycles. The van der Waals surface area contributed by atoms with E-state index in [0.717, 1.165) is 10.0 Å². The SMILES string of the molecule is CC(C)NC(=O)/C(C#N)=C\c1ccc(Br)cc1. The van der Waals surface area contributed by atoms with Gasteiger partial charge in [-0.15, -0.1) is 0 Å². The second-order valence-corrected chi connectivity index (χ2v) is 4.77. The maximum atomic E-state index is 11.6. The first-order chi connectivity index (χ1) is 8.02. The van der Waals surface area contributed by atoms with Crippen molar-refractivity contribution < 1.29 is 4.79 Å². The van der Waals surface area contributed by atoms with Gasteiger partial charge in [-0.05, 0) is 37.6 Å². The van der Waals surface area contributed by atoms with Gasteiger partial charge in [-0.25, -0.2) is 0 Å². The summed E-state index contributed by atoms with van der Waals surface area (Å²) < 4.78 is 0.958. The molecule has 0 saturated carbocycles. The minimum atomic E-state index is -0.342. The summed E-state index contributed by atoms with van der Waals surface area (Å²) in [7, 11) is 0. The lowest BCUT2D eigenvalue weighted by Gasteiger charge is -2.06. The zero-order valence-corrected chi connectivity index (χ0v) is 11.3. The fourth-order valence-electron chi connectivity index (χ4n) is 1.21. The number of rotatable bonds is 3. The van der Waals surface area contributed by atoms with Crippen LogP contribution in [0.1, 0.15) is 19.4 Å². The molecule has 0 saturated heterocycles. The molecule has 0 atom stereocenters. The van der Waals surface area contributed by atoms with Crippen LogP contribution in [0.4, 0.5) is 0 Å². The number of amides is 1. The number of nitrogens with zero attached hydrogens (tertiary/aromatic N) is 1. The molecule has 1 rings (SSSR count). The molecule has 88 valence electrons. The minimum Gasteiger partial charge on any atom is -0.349 e. The Balaban J connectivity index is 2.91. The van der Waals surface area contributed by atoms with Gasteiger partial charge in [0.25, 0.3) is 5.91 Å². The number of halogens is 1. The fraction of sp³-hybridized carbons (Fsp3) is 0.231. The standard InChI is InChI=1S/C13H13BrN2O/c1-9(2)16-13(17)11(8-15)7-10-3-5-12(14)6-4-10/h3-7,9H,1-2H3,(H,16,17)/b11-7-. The molecule has 1 amide bonds. The van der Waals surface area contributed by atoms with Crippen molar-refractivity contribution in [1.82, 2.24) is 5.32 Å². The van der Waals surface area contributed by atoms with Crippen molar-refractivity contribution in [2.45, 2.75) is 19.9 Å². The molecule has 0 spiro atoms. The topological polar surface area (TPSA) is 52.9 Å². The maximum Gasteiger partial charge on any atom is 0.262 e. The Morgan fingerprint density at radius 3 is 2.47 bits per heavy atom. The number of hydrogen-bond donors (Lipinski definition) is 1. The van der Waals surface area contributed by atoms with Crippen LogP contribution in [0.5, 0.6) is 0 Å². The first-order valence-electron chi connectivity index (χ1n) is 5.21. The molecule has 1 aromatic rings. The Labute approximate surface area is 109 Å². The van der Waals surface area contributed by atoms with E-state index in [2.05, 4.69) is 21.2 Å². The van der Waals surface area contributed by atoms with Crippen LogP contribution in [0.25, 0.3) is 6.08 Å². The second kappa shape index (κ2) is 6.21. The molecule has 0 aromatic heterocycles. The molecule has 1 N–H and O–H groups in total.